The highest BCUT2D eigenvalue weighted by atomic mass is 19.1. The Morgan fingerprint density at radius 2 is 1.61 bits per heavy atom. The zero-order valence-corrected chi connectivity index (χ0v) is 15.7. The van der Waals surface area contributed by atoms with Crippen LogP contribution in [-0.4, -0.2) is 24.2 Å². The maximum atomic E-state index is 13.4. The number of ketones is 1. The zero-order chi connectivity index (χ0) is 20.4. The largest absolute Gasteiger partial charge is 0.481 e. The van der Waals surface area contributed by atoms with E-state index in [1.54, 1.807) is 18.2 Å². The summed E-state index contributed by atoms with van der Waals surface area (Å²) in [6.07, 6.45) is 1.95. The van der Waals surface area contributed by atoms with Gasteiger partial charge in [-0.1, -0.05) is 49.7 Å². The van der Waals surface area contributed by atoms with Gasteiger partial charge in [0.15, 0.2) is 24.0 Å². The molecule has 0 saturated carbocycles. The predicted molar refractivity (Wildman–Crippen MR) is 102 cm³/mol. The fraction of sp³-hybridized carbons (Fsp3) is 0.286. The van der Waals surface area contributed by atoms with Crippen LogP contribution in [0.4, 0.5) is 4.39 Å². The van der Waals surface area contributed by atoms with Gasteiger partial charge in [0.1, 0.15) is 0 Å². The first-order valence-corrected chi connectivity index (χ1v) is 9.06. The Labute approximate surface area is 163 Å². The van der Waals surface area contributed by atoms with E-state index in [4.69, 9.17) is 4.74 Å². The van der Waals surface area contributed by atoms with Gasteiger partial charge in [-0.3, -0.25) is 25.2 Å². The van der Waals surface area contributed by atoms with Crippen molar-refractivity contribution in [3.05, 3.63) is 65.5 Å². The fourth-order valence-electron chi connectivity index (χ4n) is 2.46. The zero-order valence-electron chi connectivity index (χ0n) is 15.7. The molecular weight excluding hydrogens is 363 g/mol. The smallest absolute Gasteiger partial charge is 0.276 e. The highest BCUT2D eigenvalue weighted by molar-refractivity contribution is 5.98. The summed E-state index contributed by atoms with van der Waals surface area (Å²) in [5, 5.41) is 0. The van der Waals surface area contributed by atoms with Gasteiger partial charge in [-0.05, 0) is 24.1 Å². The Morgan fingerprint density at radius 3 is 2.29 bits per heavy atom. The van der Waals surface area contributed by atoms with E-state index in [2.05, 4.69) is 17.8 Å². The molecule has 0 saturated heterocycles. The van der Waals surface area contributed by atoms with Gasteiger partial charge in [-0.15, -0.1) is 0 Å². The highest BCUT2D eigenvalue weighted by Crippen LogP contribution is 2.14. The number of halogens is 1. The van der Waals surface area contributed by atoms with Gasteiger partial charge in [0, 0.05) is 18.4 Å². The minimum atomic E-state index is -0.644. The van der Waals surface area contributed by atoms with Crippen LogP contribution in [0.25, 0.3) is 0 Å². The van der Waals surface area contributed by atoms with E-state index in [1.807, 2.05) is 12.1 Å². The van der Waals surface area contributed by atoms with Gasteiger partial charge in [-0.2, -0.15) is 0 Å². The number of Topliss-reactive ketones (excluding diaryl/α,β-unsaturated/α-hetero) is 1. The highest BCUT2D eigenvalue weighted by Gasteiger charge is 2.11. The van der Waals surface area contributed by atoms with E-state index in [0.717, 1.165) is 18.4 Å². The Morgan fingerprint density at radius 1 is 0.929 bits per heavy atom. The average Bonchev–Trinajstić information content (AvgIpc) is 2.70. The van der Waals surface area contributed by atoms with Crippen molar-refractivity contribution < 1.29 is 23.5 Å². The van der Waals surface area contributed by atoms with Gasteiger partial charge in [0.2, 0.25) is 5.91 Å². The molecule has 0 atom stereocenters. The Balaban J connectivity index is 1.68. The molecule has 28 heavy (non-hydrogen) atoms. The molecule has 0 radical (unpaired) electrons. The number of aryl methyl sites for hydroxylation is 1. The maximum absolute atomic E-state index is 13.4. The molecule has 0 heterocycles. The van der Waals surface area contributed by atoms with E-state index in [1.165, 1.54) is 18.2 Å². The third kappa shape index (κ3) is 6.83. The lowest BCUT2D eigenvalue weighted by Gasteiger charge is -2.09. The van der Waals surface area contributed by atoms with Gasteiger partial charge < -0.3 is 4.74 Å². The SMILES string of the molecule is CCCc1ccc(C(=O)CCC(=O)NNC(=O)COc2ccccc2F)cc1. The van der Waals surface area contributed by atoms with Crippen molar-refractivity contribution in [2.75, 3.05) is 6.61 Å². The fourth-order valence-corrected chi connectivity index (χ4v) is 2.46. The summed E-state index contributed by atoms with van der Waals surface area (Å²) in [5.74, 6) is -1.93. The van der Waals surface area contributed by atoms with Crippen molar-refractivity contribution in [1.29, 1.82) is 0 Å². The number of carbonyl (C=O) groups excluding carboxylic acids is 3. The number of nitrogens with one attached hydrogen (secondary N) is 2. The number of hydrogen-bond acceptors (Lipinski definition) is 4. The van der Waals surface area contributed by atoms with Crippen LogP contribution >= 0.6 is 0 Å². The van der Waals surface area contributed by atoms with Crippen molar-refractivity contribution in [3.8, 4) is 5.75 Å². The van der Waals surface area contributed by atoms with Gasteiger partial charge in [0.05, 0.1) is 0 Å². The van der Waals surface area contributed by atoms with Crippen LogP contribution in [0, 0.1) is 5.82 Å². The lowest BCUT2D eigenvalue weighted by Crippen LogP contribution is -2.43. The summed E-state index contributed by atoms with van der Waals surface area (Å²) in [6, 6.07) is 13.0. The molecule has 0 aliphatic heterocycles. The van der Waals surface area contributed by atoms with Gasteiger partial charge in [0.25, 0.3) is 5.91 Å². The molecule has 6 nitrogen and oxygen atoms in total. The number of para-hydroxylation sites is 1. The summed E-state index contributed by atoms with van der Waals surface area (Å²) >= 11 is 0. The molecule has 2 amide bonds. The number of rotatable bonds is 9. The quantitative estimate of drug-likeness (QED) is 0.513. The summed E-state index contributed by atoms with van der Waals surface area (Å²) in [5.41, 5.74) is 6.08. The topological polar surface area (TPSA) is 84.5 Å². The molecular formula is C21H23FN2O4. The van der Waals surface area contributed by atoms with Crippen LogP contribution in [0.5, 0.6) is 5.75 Å². The minimum Gasteiger partial charge on any atom is -0.481 e. The van der Waals surface area contributed by atoms with E-state index in [0.29, 0.717) is 5.56 Å². The van der Waals surface area contributed by atoms with E-state index < -0.39 is 24.2 Å². The monoisotopic (exact) mass is 386 g/mol. The molecule has 2 N–H and O–H groups in total. The standard InChI is InChI=1S/C21H23FN2O4/c1-2-5-15-8-10-16(11-9-15)18(25)12-13-20(26)23-24-21(27)14-28-19-7-4-3-6-17(19)22/h3-4,6-11H,2,5,12-14H2,1H3,(H,23,26)(H,24,27). The van der Waals surface area contributed by atoms with Crippen LogP contribution in [0.1, 0.15) is 42.1 Å². The molecule has 0 fully saturated rings. The molecule has 148 valence electrons. The average molecular weight is 386 g/mol. The molecule has 7 heteroatoms. The molecule has 0 spiro atoms. The molecule has 0 bridgehead atoms. The number of amides is 2. The lowest BCUT2D eigenvalue weighted by atomic mass is 10.0. The van der Waals surface area contributed by atoms with Crippen molar-refractivity contribution in [2.24, 2.45) is 0 Å². The second-order valence-electron chi connectivity index (χ2n) is 6.19. The predicted octanol–water partition coefficient (Wildman–Crippen LogP) is 2.97. The summed E-state index contributed by atoms with van der Waals surface area (Å²) in [7, 11) is 0. The molecule has 0 unspecified atom stereocenters. The van der Waals surface area contributed by atoms with Crippen LogP contribution < -0.4 is 15.6 Å². The molecule has 0 aliphatic carbocycles. The van der Waals surface area contributed by atoms with Crippen LogP contribution in [0.3, 0.4) is 0 Å². The third-order valence-corrected chi connectivity index (χ3v) is 3.93. The minimum absolute atomic E-state index is 0.0283. The third-order valence-electron chi connectivity index (χ3n) is 3.93. The van der Waals surface area contributed by atoms with Crippen LogP contribution in [0.15, 0.2) is 48.5 Å². The Bertz CT molecular complexity index is 821. The number of ether oxygens (including phenoxy) is 1. The Kier molecular flexibility index (Phi) is 8.14. The number of carbonyl (C=O) groups is 3. The molecule has 0 aromatic heterocycles. The second kappa shape index (κ2) is 10.8. The van der Waals surface area contributed by atoms with Crippen molar-refractivity contribution in [3.63, 3.8) is 0 Å². The first kappa shape index (κ1) is 21.1. The van der Waals surface area contributed by atoms with E-state index in [-0.39, 0.29) is 24.4 Å². The maximum Gasteiger partial charge on any atom is 0.276 e. The van der Waals surface area contributed by atoms with Crippen LogP contribution in [0.2, 0.25) is 0 Å². The molecule has 0 aliphatic rings. The molecule has 2 rings (SSSR count). The normalized spacial score (nSPS) is 10.2. The van der Waals surface area contributed by atoms with E-state index in [9.17, 15) is 18.8 Å². The van der Waals surface area contributed by atoms with Crippen molar-refractivity contribution in [2.45, 2.75) is 32.6 Å². The van der Waals surface area contributed by atoms with Crippen molar-refractivity contribution >= 4 is 17.6 Å². The lowest BCUT2D eigenvalue weighted by molar-refractivity contribution is -0.130. The van der Waals surface area contributed by atoms with Gasteiger partial charge in [-0.25, -0.2) is 4.39 Å². The Hall–Kier alpha value is -3.22. The number of hydrogen-bond donors (Lipinski definition) is 2. The second-order valence-corrected chi connectivity index (χ2v) is 6.19. The summed E-state index contributed by atoms with van der Waals surface area (Å²) in [6.45, 7) is 1.63. The van der Waals surface area contributed by atoms with E-state index >= 15 is 0 Å². The van der Waals surface area contributed by atoms with Crippen LogP contribution in [-0.2, 0) is 16.0 Å². The summed E-state index contributed by atoms with van der Waals surface area (Å²) in [4.78, 5) is 35.5. The molecule has 2 aromatic carbocycles. The number of hydrazine groups is 1. The van der Waals surface area contributed by atoms with Crippen molar-refractivity contribution in [1.82, 2.24) is 10.9 Å². The first-order valence-electron chi connectivity index (χ1n) is 9.06. The first-order chi connectivity index (χ1) is 13.5. The van der Waals surface area contributed by atoms with Gasteiger partial charge >= 0.3 is 0 Å². The molecule has 2 aromatic rings. The summed E-state index contributed by atoms with van der Waals surface area (Å²) < 4.78 is 18.4. The number of benzene rings is 2.